The summed E-state index contributed by atoms with van der Waals surface area (Å²) in [5.74, 6) is -1.03. The molecular weight excluding hydrogens is 940 g/mol. The maximum absolute atomic E-state index is 15.4. The molecule has 3 aromatic rings. The molecule has 19 nitrogen and oxygen atoms in total. The van der Waals surface area contributed by atoms with Crippen molar-refractivity contribution in [2.75, 3.05) is 113 Å². The maximum atomic E-state index is 15.4. The van der Waals surface area contributed by atoms with Crippen molar-refractivity contribution in [3.8, 4) is 22.5 Å². The van der Waals surface area contributed by atoms with Crippen LogP contribution in [0.15, 0.2) is 68.8 Å². The topological polar surface area (TPSA) is 230 Å². The molecule has 3 heterocycles. The number of hydrogen-bond acceptors (Lipinski definition) is 15. The summed E-state index contributed by atoms with van der Waals surface area (Å²) in [5.41, 5.74) is 1.96. The van der Waals surface area contributed by atoms with Gasteiger partial charge in [-0.15, -0.1) is 0 Å². The standard InChI is InChI=1S/C46H61ClN8O11S2/c1-5-52(6-2)33-16-18-35-38(31-33)66-39-32-34(53(7-3)8-4)17-19-36(39)42(35)37-13-12-14-40(43(37)68(60,61)62)67(58,59)55(22-11-9-10-15-41(56)57)46-50-44(47)49-45(51-46)54-23-27-63-25-20-48-21-26-64-29-30-65-28-24-54/h12-14,16-19,31-32,48H,5-11,15,20-30H2,1-4H3,(H-,56,57,60,61,62)/p+1. The number of hydrogen-bond donors (Lipinski definition) is 3. The van der Waals surface area contributed by atoms with Crippen LogP contribution >= 0.6 is 11.6 Å². The molecule has 0 saturated carbocycles. The van der Waals surface area contributed by atoms with E-state index in [9.17, 15) is 22.9 Å². The number of halogens is 1. The number of nitrogens with zero attached hydrogens (tertiary/aromatic N) is 7. The minimum Gasteiger partial charge on any atom is -0.481 e. The molecule has 2 aliphatic heterocycles. The van der Waals surface area contributed by atoms with Gasteiger partial charge < -0.3 is 38.9 Å². The molecule has 0 atom stereocenters. The molecule has 0 unspecified atom stereocenters. The summed E-state index contributed by atoms with van der Waals surface area (Å²) in [7, 11) is -10.4. The molecule has 1 saturated heterocycles. The minimum atomic E-state index is -5.35. The predicted molar refractivity (Wildman–Crippen MR) is 261 cm³/mol. The lowest BCUT2D eigenvalue weighted by Crippen LogP contribution is -2.37. The van der Waals surface area contributed by atoms with Gasteiger partial charge in [0, 0.05) is 92.1 Å². The van der Waals surface area contributed by atoms with Crippen LogP contribution in [0.4, 0.5) is 17.6 Å². The second kappa shape index (κ2) is 24.5. The van der Waals surface area contributed by atoms with Gasteiger partial charge in [-0.25, -0.2) is 17.3 Å². The lowest BCUT2D eigenvalue weighted by molar-refractivity contribution is -0.137. The molecule has 370 valence electrons. The van der Waals surface area contributed by atoms with E-state index in [0.29, 0.717) is 93.6 Å². The Bertz CT molecular complexity index is 2750. The van der Waals surface area contributed by atoms with E-state index in [-0.39, 0.29) is 75.3 Å². The first-order valence-corrected chi connectivity index (χ1v) is 26.3. The molecule has 1 aliphatic carbocycles. The Morgan fingerprint density at radius 1 is 0.824 bits per heavy atom. The van der Waals surface area contributed by atoms with E-state index in [4.69, 9.17) is 30.2 Å². The van der Waals surface area contributed by atoms with Gasteiger partial charge in [0.2, 0.25) is 22.5 Å². The molecule has 0 radical (unpaired) electrons. The summed E-state index contributed by atoms with van der Waals surface area (Å²) in [6.07, 6.45) is 0.484. The predicted octanol–water partition coefficient (Wildman–Crippen LogP) is 5.25. The van der Waals surface area contributed by atoms with Crippen molar-refractivity contribution >= 4 is 66.3 Å². The zero-order valence-corrected chi connectivity index (χ0v) is 41.4. The number of ether oxygens (including phenoxy) is 3. The van der Waals surface area contributed by atoms with Gasteiger partial charge in [0.15, 0.2) is 0 Å². The van der Waals surface area contributed by atoms with Crippen LogP contribution in [0.25, 0.3) is 33.4 Å². The molecule has 0 bridgehead atoms. The molecule has 0 spiro atoms. The van der Waals surface area contributed by atoms with Crippen LogP contribution < -0.4 is 29.4 Å². The third-order valence-corrected chi connectivity index (χ3v) is 14.7. The van der Waals surface area contributed by atoms with Crippen molar-refractivity contribution in [2.45, 2.75) is 63.2 Å². The smallest absolute Gasteiger partial charge is 0.303 e. The van der Waals surface area contributed by atoms with Crippen LogP contribution in [0.5, 0.6) is 0 Å². The number of anilines is 3. The van der Waals surface area contributed by atoms with Crippen molar-refractivity contribution in [3.05, 3.63) is 65.2 Å². The Kier molecular flexibility index (Phi) is 18.9. The molecule has 1 fully saturated rings. The van der Waals surface area contributed by atoms with E-state index in [0.717, 1.165) is 21.4 Å². The number of fused-ring (bicyclic) bond motifs is 2. The third kappa shape index (κ3) is 13.0. The zero-order valence-electron chi connectivity index (χ0n) is 39.0. The van der Waals surface area contributed by atoms with Gasteiger partial charge >= 0.3 is 5.97 Å². The van der Waals surface area contributed by atoms with E-state index in [1.807, 2.05) is 52.0 Å². The van der Waals surface area contributed by atoms with Crippen LogP contribution in [0.3, 0.4) is 0 Å². The highest BCUT2D eigenvalue weighted by molar-refractivity contribution is 7.94. The zero-order chi connectivity index (χ0) is 48.8. The van der Waals surface area contributed by atoms with Gasteiger partial charge in [0.05, 0.1) is 45.7 Å². The number of benzene rings is 3. The Hall–Kier alpha value is -5.00. The fraction of sp³-hybridized carbons (Fsp3) is 0.500. The van der Waals surface area contributed by atoms with E-state index in [1.165, 1.54) is 12.1 Å². The summed E-state index contributed by atoms with van der Waals surface area (Å²) in [6.45, 7) is 14.5. The number of aromatic nitrogens is 3. The third-order valence-electron chi connectivity index (χ3n) is 11.6. The SMILES string of the molecule is CCN(CC)c1ccc2c(-c3cccc(S(=O)(=O)N(CCCCCC(=O)O)c4nc(Cl)nc(N5CCOCCNCCOCCOCC5)n4)c3S(=O)(=O)O)c3ccc(=[N+](CC)CC)cc-3oc2c1. The number of aliphatic carboxylic acids is 1. The van der Waals surface area contributed by atoms with Crippen molar-refractivity contribution < 1.29 is 49.9 Å². The number of unbranched alkanes of at least 4 members (excludes halogenated alkanes) is 2. The molecule has 22 heteroatoms. The lowest BCUT2D eigenvalue weighted by atomic mass is 9.93. The second-order valence-corrected chi connectivity index (χ2v) is 19.4. The van der Waals surface area contributed by atoms with Gasteiger partial charge in [-0.2, -0.15) is 23.4 Å². The molecular formula is C46H62ClN8O11S2+. The Morgan fingerprint density at radius 3 is 2.18 bits per heavy atom. The first-order valence-electron chi connectivity index (χ1n) is 23.0. The van der Waals surface area contributed by atoms with Crippen LogP contribution in [0.1, 0.15) is 53.4 Å². The second-order valence-electron chi connectivity index (χ2n) is 15.9. The van der Waals surface area contributed by atoms with E-state index in [1.54, 1.807) is 17.0 Å². The van der Waals surface area contributed by atoms with Crippen molar-refractivity contribution in [1.29, 1.82) is 0 Å². The van der Waals surface area contributed by atoms with E-state index >= 15 is 8.42 Å². The van der Waals surface area contributed by atoms with Crippen LogP contribution in [-0.2, 0) is 39.1 Å². The summed E-state index contributed by atoms with van der Waals surface area (Å²) < 4.78 is 96.8. The van der Waals surface area contributed by atoms with Gasteiger partial charge in [0.1, 0.15) is 34.2 Å². The minimum absolute atomic E-state index is 0.000130. The number of nitrogens with one attached hydrogen (secondary N) is 1. The van der Waals surface area contributed by atoms with Crippen molar-refractivity contribution in [2.24, 2.45) is 0 Å². The average Bonchev–Trinajstić information content (AvgIpc) is 3.32. The Morgan fingerprint density at radius 2 is 1.51 bits per heavy atom. The van der Waals surface area contributed by atoms with Gasteiger partial charge in [-0.05, 0) is 76.4 Å². The summed E-state index contributed by atoms with van der Waals surface area (Å²) in [6, 6.07) is 15.1. The first-order chi connectivity index (χ1) is 32.7. The molecule has 1 aromatic heterocycles. The maximum Gasteiger partial charge on any atom is 0.303 e. The molecule has 2 aromatic carbocycles. The summed E-state index contributed by atoms with van der Waals surface area (Å²) >= 11 is 6.57. The Balaban J connectivity index is 1.54. The Labute approximate surface area is 402 Å². The van der Waals surface area contributed by atoms with Gasteiger partial charge in [-0.3, -0.25) is 9.35 Å². The number of carboxylic acids is 1. The molecule has 68 heavy (non-hydrogen) atoms. The van der Waals surface area contributed by atoms with Gasteiger partial charge in [0.25, 0.3) is 20.1 Å². The summed E-state index contributed by atoms with van der Waals surface area (Å²) in [5, 5.41) is 13.5. The highest BCUT2D eigenvalue weighted by Gasteiger charge is 2.37. The summed E-state index contributed by atoms with van der Waals surface area (Å²) in [4.78, 5) is 26.8. The fourth-order valence-corrected chi connectivity index (χ4v) is 11.2. The fourth-order valence-electron chi connectivity index (χ4n) is 8.15. The number of carboxylic acid groups (broad SMARTS) is 1. The molecule has 3 aliphatic rings. The van der Waals surface area contributed by atoms with Crippen molar-refractivity contribution in [1.82, 2.24) is 24.8 Å². The van der Waals surface area contributed by atoms with E-state index < -0.39 is 41.9 Å². The number of carbonyl (C=O) groups is 1. The van der Waals surface area contributed by atoms with Crippen LogP contribution in [-0.4, -0.2) is 146 Å². The highest BCUT2D eigenvalue weighted by Crippen LogP contribution is 2.45. The molecule has 6 rings (SSSR count). The van der Waals surface area contributed by atoms with Crippen LogP contribution in [0.2, 0.25) is 5.28 Å². The quantitative estimate of drug-likeness (QED) is 0.0468. The number of sulfonamides is 1. The average molecular weight is 1000 g/mol. The van der Waals surface area contributed by atoms with Crippen LogP contribution in [0, 0.1) is 0 Å². The van der Waals surface area contributed by atoms with Crippen molar-refractivity contribution in [3.63, 3.8) is 0 Å². The first kappa shape index (κ1) is 52.4. The largest absolute Gasteiger partial charge is 0.481 e. The van der Waals surface area contributed by atoms with E-state index in [2.05, 4.69) is 29.7 Å². The normalized spacial score (nSPS) is 14.9. The van der Waals surface area contributed by atoms with Gasteiger partial charge in [-0.1, -0.05) is 18.6 Å². The lowest BCUT2D eigenvalue weighted by Gasteiger charge is -2.27. The highest BCUT2D eigenvalue weighted by atomic mass is 35.5. The molecule has 0 amide bonds. The number of rotatable bonds is 17. The molecule has 3 N–H and O–H groups in total. The monoisotopic (exact) mass is 1000 g/mol.